The molecular formula is C20H26N3O2+. The maximum atomic E-state index is 12.2. The fourth-order valence-corrected chi connectivity index (χ4v) is 2.60. The average molecular weight is 340 g/mol. The Kier molecular flexibility index (Phi) is 6.71. The van der Waals surface area contributed by atoms with Gasteiger partial charge >= 0.3 is 0 Å². The Labute approximate surface area is 149 Å². The van der Waals surface area contributed by atoms with E-state index in [4.69, 9.17) is 0 Å². The first-order chi connectivity index (χ1) is 12.0. The van der Waals surface area contributed by atoms with E-state index < -0.39 is 0 Å². The van der Waals surface area contributed by atoms with Crippen molar-refractivity contribution in [3.05, 3.63) is 65.2 Å². The number of amides is 2. The number of likely N-dealkylation sites (N-methyl/N-ethyl adjacent to an activating group) is 1. The summed E-state index contributed by atoms with van der Waals surface area (Å²) in [5, 5.41) is 5.62. The van der Waals surface area contributed by atoms with E-state index in [1.807, 2.05) is 14.0 Å². The fourth-order valence-electron chi connectivity index (χ4n) is 2.60. The Morgan fingerprint density at radius 1 is 1.08 bits per heavy atom. The lowest BCUT2D eigenvalue weighted by atomic mass is 10.1. The van der Waals surface area contributed by atoms with Crippen molar-refractivity contribution in [1.29, 1.82) is 0 Å². The van der Waals surface area contributed by atoms with Crippen LogP contribution in [0.2, 0.25) is 0 Å². The Balaban J connectivity index is 1.90. The van der Waals surface area contributed by atoms with Gasteiger partial charge < -0.3 is 15.5 Å². The lowest BCUT2D eigenvalue weighted by Crippen LogP contribution is -3.08. The molecule has 1 unspecified atom stereocenters. The molecule has 1 atom stereocenters. The van der Waals surface area contributed by atoms with Gasteiger partial charge in [-0.2, -0.15) is 0 Å². The van der Waals surface area contributed by atoms with Gasteiger partial charge in [0.1, 0.15) is 6.54 Å². The average Bonchev–Trinajstić information content (AvgIpc) is 2.57. The smallest absolute Gasteiger partial charge is 0.279 e. The van der Waals surface area contributed by atoms with Crippen LogP contribution in [-0.4, -0.2) is 32.0 Å². The Hall–Kier alpha value is -2.66. The Morgan fingerprint density at radius 2 is 1.80 bits per heavy atom. The summed E-state index contributed by atoms with van der Waals surface area (Å²) in [5.74, 6) is -0.210. The number of benzene rings is 2. The van der Waals surface area contributed by atoms with Crippen LogP contribution in [0.15, 0.2) is 48.5 Å². The maximum Gasteiger partial charge on any atom is 0.279 e. The molecule has 0 aromatic heterocycles. The largest absolute Gasteiger partial charge is 0.352 e. The van der Waals surface area contributed by atoms with Crippen molar-refractivity contribution >= 4 is 17.5 Å². The van der Waals surface area contributed by atoms with Gasteiger partial charge in [0.2, 0.25) is 0 Å². The third-order valence-electron chi connectivity index (χ3n) is 3.83. The summed E-state index contributed by atoms with van der Waals surface area (Å²) in [7, 11) is 1.99. The topological polar surface area (TPSA) is 62.6 Å². The van der Waals surface area contributed by atoms with Crippen molar-refractivity contribution in [1.82, 2.24) is 5.32 Å². The standard InChI is InChI=1S/C20H25N3O2/c1-4-21-20(25)17-6-5-7-18(12-17)22-19(24)14-23(3)13-16-10-8-15(2)9-11-16/h5-12H,4,13-14H2,1-3H3,(H,21,25)(H,22,24)/p+1. The van der Waals surface area contributed by atoms with Crippen LogP contribution in [-0.2, 0) is 11.3 Å². The molecule has 2 aromatic carbocycles. The highest BCUT2D eigenvalue weighted by molar-refractivity contribution is 5.97. The number of quaternary nitrogens is 1. The molecule has 3 N–H and O–H groups in total. The molecule has 2 amide bonds. The van der Waals surface area contributed by atoms with Crippen molar-refractivity contribution in [3.63, 3.8) is 0 Å². The van der Waals surface area contributed by atoms with Crippen molar-refractivity contribution in [2.75, 3.05) is 25.5 Å². The van der Waals surface area contributed by atoms with Gasteiger partial charge in [-0.15, -0.1) is 0 Å². The molecule has 2 rings (SSSR count). The second-order valence-corrected chi connectivity index (χ2v) is 6.28. The number of hydrogen-bond donors (Lipinski definition) is 3. The molecule has 2 aromatic rings. The predicted octanol–water partition coefficient (Wildman–Crippen LogP) is 1.40. The second kappa shape index (κ2) is 8.99. The van der Waals surface area contributed by atoms with Crippen LogP contribution in [0.1, 0.15) is 28.4 Å². The van der Waals surface area contributed by atoms with Crippen molar-refractivity contribution in [2.45, 2.75) is 20.4 Å². The lowest BCUT2D eigenvalue weighted by molar-refractivity contribution is -0.885. The van der Waals surface area contributed by atoms with Crippen LogP contribution < -0.4 is 15.5 Å². The highest BCUT2D eigenvalue weighted by Gasteiger charge is 2.12. The fraction of sp³-hybridized carbons (Fsp3) is 0.300. The summed E-state index contributed by atoms with van der Waals surface area (Å²) >= 11 is 0. The number of anilines is 1. The zero-order valence-corrected chi connectivity index (χ0v) is 15.1. The van der Waals surface area contributed by atoms with Gasteiger partial charge in [-0.1, -0.05) is 35.9 Å². The molecule has 0 aliphatic heterocycles. The molecular weight excluding hydrogens is 314 g/mol. The van der Waals surface area contributed by atoms with E-state index in [1.165, 1.54) is 11.1 Å². The minimum absolute atomic E-state index is 0.0716. The molecule has 0 saturated heterocycles. The summed E-state index contributed by atoms with van der Waals surface area (Å²) in [6.07, 6.45) is 0. The number of carbonyl (C=O) groups excluding carboxylic acids is 2. The first kappa shape index (κ1) is 18.7. The van der Waals surface area contributed by atoms with E-state index >= 15 is 0 Å². The highest BCUT2D eigenvalue weighted by Crippen LogP contribution is 2.10. The lowest BCUT2D eigenvalue weighted by Gasteiger charge is -2.14. The van der Waals surface area contributed by atoms with Gasteiger partial charge in [0.15, 0.2) is 6.54 Å². The first-order valence-electron chi connectivity index (χ1n) is 8.53. The molecule has 25 heavy (non-hydrogen) atoms. The number of nitrogens with one attached hydrogen (secondary N) is 3. The molecule has 0 heterocycles. The second-order valence-electron chi connectivity index (χ2n) is 6.28. The zero-order valence-electron chi connectivity index (χ0n) is 15.1. The Morgan fingerprint density at radius 3 is 2.48 bits per heavy atom. The summed E-state index contributed by atoms with van der Waals surface area (Å²) in [6.45, 7) is 5.65. The van der Waals surface area contributed by atoms with Gasteiger partial charge in [0, 0.05) is 23.4 Å². The maximum absolute atomic E-state index is 12.2. The molecule has 5 nitrogen and oxygen atoms in total. The van der Waals surface area contributed by atoms with Crippen LogP contribution in [0.4, 0.5) is 5.69 Å². The number of carbonyl (C=O) groups is 2. The Bertz CT molecular complexity index is 726. The highest BCUT2D eigenvalue weighted by atomic mass is 16.2. The van der Waals surface area contributed by atoms with Crippen LogP contribution in [0, 0.1) is 6.92 Å². The molecule has 0 aliphatic rings. The van der Waals surface area contributed by atoms with Crippen molar-refractivity contribution < 1.29 is 14.5 Å². The van der Waals surface area contributed by atoms with E-state index in [0.29, 0.717) is 24.3 Å². The molecule has 0 spiro atoms. The van der Waals surface area contributed by atoms with E-state index in [1.54, 1.807) is 24.3 Å². The molecule has 0 bridgehead atoms. The van der Waals surface area contributed by atoms with Gasteiger partial charge in [0.05, 0.1) is 7.05 Å². The van der Waals surface area contributed by atoms with Gasteiger partial charge in [0.25, 0.3) is 11.8 Å². The molecule has 0 aliphatic carbocycles. The molecule has 132 valence electrons. The number of rotatable bonds is 7. The van der Waals surface area contributed by atoms with Gasteiger partial charge in [-0.05, 0) is 32.0 Å². The quantitative estimate of drug-likeness (QED) is 0.713. The summed E-state index contributed by atoms with van der Waals surface area (Å²) in [6, 6.07) is 15.3. The molecule has 5 heteroatoms. The third-order valence-corrected chi connectivity index (χ3v) is 3.83. The molecule has 0 fully saturated rings. The van der Waals surface area contributed by atoms with Crippen LogP contribution in [0.5, 0.6) is 0 Å². The molecule has 0 saturated carbocycles. The van der Waals surface area contributed by atoms with Crippen LogP contribution >= 0.6 is 0 Å². The van der Waals surface area contributed by atoms with Crippen molar-refractivity contribution in [3.8, 4) is 0 Å². The van der Waals surface area contributed by atoms with E-state index in [9.17, 15) is 9.59 Å². The summed E-state index contributed by atoms with van der Waals surface area (Å²) in [5.41, 5.74) is 3.61. The minimum Gasteiger partial charge on any atom is -0.352 e. The monoisotopic (exact) mass is 340 g/mol. The number of aryl methyl sites for hydroxylation is 1. The van der Waals surface area contributed by atoms with Crippen molar-refractivity contribution in [2.24, 2.45) is 0 Å². The van der Waals surface area contributed by atoms with Crippen LogP contribution in [0.3, 0.4) is 0 Å². The minimum atomic E-state index is -0.138. The van der Waals surface area contributed by atoms with E-state index in [-0.39, 0.29) is 11.8 Å². The van der Waals surface area contributed by atoms with Gasteiger partial charge in [-0.25, -0.2) is 0 Å². The summed E-state index contributed by atoms with van der Waals surface area (Å²) in [4.78, 5) is 25.2. The summed E-state index contributed by atoms with van der Waals surface area (Å²) < 4.78 is 0. The number of hydrogen-bond acceptors (Lipinski definition) is 2. The third kappa shape index (κ3) is 6.04. The predicted molar refractivity (Wildman–Crippen MR) is 99.7 cm³/mol. The van der Waals surface area contributed by atoms with Crippen LogP contribution in [0.25, 0.3) is 0 Å². The van der Waals surface area contributed by atoms with E-state index in [2.05, 4.69) is 41.8 Å². The van der Waals surface area contributed by atoms with Gasteiger partial charge in [-0.3, -0.25) is 9.59 Å². The van der Waals surface area contributed by atoms with E-state index in [0.717, 1.165) is 11.4 Å². The normalized spacial score (nSPS) is 11.6. The molecule has 0 radical (unpaired) electrons. The SMILES string of the molecule is CCNC(=O)c1cccc(NC(=O)C[NH+](C)Cc2ccc(C)cc2)c1. The zero-order chi connectivity index (χ0) is 18.2. The first-order valence-corrected chi connectivity index (χ1v) is 8.53.